The normalized spacial score (nSPS) is 12.5. The number of furan rings is 1. The molecule has 0 saturated heterocycles. The molecule has 142 valence electrons. The monoisotopic (exact) mass is 434 g/mol. The zero-order valence-corrected chi connectivity index (χ0v) is 16.3. The molecule has 0 bridgehead atoms. The molecule has 1 unspecified atom stereocenters. The molecule has 2 amide bonds. The number of aliphatic carboxylic acids is 1. The van der Waals surface area contributed by atoms with Crippen LogP contribution in [0.25, 0.3) is 6.08 Å². The highest BCUT2D eigenvalue weighted by molar-refractivity contribution is 9.10. The van der Waals surface area contributed by atoms with E-state index in [4.69, 9.17) is 4.42 Å². The van der Waals surface area contributed by atoms with Gasteiger partial charge in [0.1, 0.15) is 17.5 Å². The van der Waals surface area contributed by atoms with E-state index < -0.39 is 23.8 Å². The van der Waals surface area contributed by atoms with E-state index in [1.807, 2.05) is 0 Å². The smallest absolute Gasteiger partial charge is 0.326 e. The molecule has 1 heterocycles. The first kappa shape index (κ1) is 20.4. The summed E-state index contributed by atoms with van der Waals surface area (Å²) in [6.45, 7) is 3.35. The lowest BCUT2D eigenvalue weighted by molar-refractivity contribution is -0.142. The number of rotatable bonds is 7. The van der Waals surface area contributed by atoms with Gasteiger partial charge in [-0.2, -0.15) is 0 Å². The van der Waals surface area contributed by atoms with Crippen LogP contribution in [-0.2, 0) is 9.59 Å². The van der Waals surface area contributed by atoms with Crippen LogP contribution >= 0.6 is 15.9 Å². The second kappa shape index (κ2) is 9.18. The van der Waals surface area contributed by atoms with Gasteiger partial charge in [0.05, 0.1) is 6.26 Å². The van der Waals surface area contributed by atoms with Crippen molar-refractivity contribution in [3.05, 3.63) is 64.2 Å². The Labute approximate surface area is 164 Å². The molecule has 3 N–H and O–H groups in total. The maximum atomic E-state index is 12.6. The predicted molar refractivity (Wildman–Crippen MR) is 103 cm³/mol. The molecule has 0 spiro atoms. The summed E-state index contributed by atoms with van der Waals surface area (Å²) in [5.74, 6) is -2.38. The van der Waals surface area contributed by atoms with Crippen molar-refractivity contribution in [1.82, 2.24) is 10.6 Å². The number of nitrogens with one attached hydrogen (secondary N) is 2. The Morgan fingerprint density at radius 1 is 1.15 bits per heavy atom. The molecular weight excluding hydrogens is 416 g/mol. The lowest BCUT2D eigenvalue weighted by atomic mass is 10.0. The van der Waals surface area contributed by atoms with Crippen molar-refractivity contribution >= 4 is 39.8 Å². The SMILES string of the molecule is CC(C)C(NC(=O)C(=Cc1ccco1)NC(=O)c1ccc(Br)cc1)C(=O)O. The fourth-order valence-electron chi connectivity index (χ4n) is 2.20. The van der Waals surface area contributed by atoms with Crippen LogP contribution in [0.1, 0.15) is 30.0 Å². The first-order valence-electron chi connectivity index (χ1n) is 8.13. The summed E-state index contributed by atoms with van der Waals surface area (Å²) in [5, 5.41) is 14.2. The lowest BCUT2D eigenvalue weighted by Crippen LogP contribution is -2.47. The summed E-state index contributed by atoms with van der Waals surface area (Å²) in [7, 11) is 0. The molecule has 0 radical (unpaired) electrons. The maximum absolute atomic E-state index is 12.6. The van der Waals surface area contributed by atoms with E-state index in [9.17, 15) is 19.5 Å². The Morgan fingerprint density at radius 3 is 2.33 bits per heavy atom. The van der Waals surface area contributed by atoms with Gasteiger partial charge in [-0.15, -0.1) is 0 Å². The molecule has 0 saturated carbocycles. The molecule has 1 aromatic heterocycles. The van der Waals surface area contributed by atoms with Crippen LogP contribution in [-0.4, -0.2) is 28.9 Å². The number of hydrogen-bond acceptors (Lipinski definition) is 4. The standard InChI is InChI=1S/C19H19BrN2O5/c1-11(2)16(19(25)26)22-18(24)15(10-14-4-3-9-27-14)21-17(23)12-5-7-13(20)8-6-12/h3-11,16H,1-2H3,(H,21,23)(H,22,24)(H,25,26). The highest BCUT2D eigenvalue weighted by Crippen LogP contribution is 2.12. The van der Waals surface area contributed by atoms with Gasteiger partial charge >= 0.3 is 5.97 Å². The van der Waals surface area contributed by atoms with Crippen LogP contribution in [0.5, 0.6) is 0 Å². The fourth-order valence-corrected chi connectivity index (χ4v) is 2.47. The number of benzene rings is 1. The van der Waals surface area contributed by atoms with E-state index in [1.54, 1.807) is 50.2 Å². The van der Waals surface area contributed by atoms with Crippen LogP contribution in [0.15, 0.2) is 57.2 Å². The minimum Gasteiger partial charge on any atom is -0.480 e. The molecule has 0 aliphatic carbocycles. The van der Waals surface area contributed by atoms with Gasteiger partial charge in [-0.25, -0.2) is 4.79 Å². The largest absolute Gasteiger partial charge is 0.480 e. The number of carbonyl (C=O) groups is 3. The number of carboxylic acids is 1. The summed E-state index contributed by atoms with van der Waals surface area (Å²) in [6.07, 6.45) is 2.76. The molecule has 1 aromatic carbocycles. The van der Waals surface area contributed by atoms with Crippen molar-refractivity contribution < 1.29 is 23.9 Å². The second-order valence-electron chi connectivity index (χ2n) is 6.07. The van der Waals surface area contributed by atoms with Gasteiger partial charge in [-0.1, -0.05) is 29.8 Å². The lowest BCUT2D eigenvalue weighted by Gasteiger charge is -2.19. The molecule has 0 aliphatic rings. The maximum Gasteiger partial charge on any atom is 0.326 e. The molecule has 2 aromatic rings. The summed E-state index contributed by atoms with van der Waals surface area (Å²) in [4.78, 5) is 36.4. The Kier molecular flexibility index (Phi) is 6.95. The van der Waals surface area contributed by atoms with Crippen molar-refractivity contribution in [3.8, 4) is 0 Å². The van der Waals surface area contributed by atoms with E-state index >= 15 is 0 Å². The number of hydrogen-bond donors (Lipinski definition) is 3. The first-order valence-corrected chi connectivity index (χ1v) is 8.93. The third kappa shape index (κ3) is 5.82. The average Bonchev–Trinajstić information content (AvgIpc) is 3.11. The summed E-state index contributed by atoms with van der Waals surface area (Å²) < 4.78 is 6.00. The quantitative estimate of drug-likeness (QED) is 0.580. The van der Waals surface area contributed by atoms with Crippen LogP contribution in [0.2, 0.25) is 0 Å². The molecule has 8 heteroatoms. The third-order valence-electron chi connectivity index (χ3n) is 3.65. The highest BCUT2D eigenvalue weighted by Gasteiger charge is 2.26. The Bertz CT molecular complexity index is 841. The van der Waals surface area contributed by atoms with Gasteiger partial charge in [0.25, 0.3) is 11.8 Å². The van der Waals surface area contributed by atoms with Gasteiger partial charge in [0.2, 0.25) is 0 Å². The fraction of sp³-hybridized carbons (Fsp3) is 0.211. The van der Waals surface area contributed by atoms with Crippen molar-refractivity contribution in [1.29, 1.82) is 0 Å². The Balaban J connectivity index is 2.26. The van der Waals surface area contributed by atoms with Gasteiger partial charge < -0.3 is 20.2 Å². The molecule has 0 aliphatic heterocycles. The number of carboxylic acid groups (broad SMARTS) is 1. The summed E-state index contributed by atoms with van der Waals surface area (Å²) in [6, 6.07) is 8.73. The van der Waals surface area contributed by atoms with Gasteiger partial charge in [-0.3, -0.25) is 9.59 Å². The second-order valence-corrected chi connectivity index (χ2v) is 6.98. The summed E-state index contributed by atoms with van der Waals surface area (Å²) >= 11 is 3.29. The van der Waals surface area contributed by atoms with Gasteiger partial charge in [0, 0.05) is 16.1 Å². The Morgan fingerprint density at radius 2 is 1.81 bits per heavy atom. The van der Waals surface area contributed by atoms with Gasteiger partial charge in [-0.05, 0) is 42.3 Å². The van der Waals surface area contributed by atoms with E-state index in [0.717, 1.165) is 4.47 Å². The zero-order valence-electron chi connectivity index (χ0n) is 14.7. The molecule has 0 fully saturated rings. The van der Waals surface area contributed by atoms with E-state index in [1.165, 1.54) is 12.3 Å². The Hall–Kier alpha value is -2.87. The van der Waals surface area contributed by atoms with Crippen molar-refractivity contribution in [2.24, 2.45) is 5.92 Å². The minimum absolute atomic E-state index is 0.121. The van der Waals surface area contributed by atoms with Crippen molar-refractivity contribution in [3.63, 3.8) is 0 Å². The van der Waals surface area contributed by atoms with Crippen molar-refractivity contribution in [2.75, 3.05) is 0 Å². The number of carbonyl (C=O) groups excluding carboxylic acids is 2. The molecular formula is C19H19BrN2O5. The molecule has 2 rings (SSSR count). The van der Waals surface area contributed by atoms with Crippen LogP contribution in [0.3, 0.4) is 0 Å². The van der Waals surface area contributed by atoms with Crippen LogP contribution < -0.4 is 10.6 Å². The van der Waals surface area contributed by atoms with E-state index in [2.05, 4.69) is 26.6 Å². The van der Waals surface area contributed by atoms with E-state index in [0.29, 0.717) is 11.3 Å². The van der Waals surface area contributed by atoms with E-state index in [-0.39, 0.29) is 11.6 Å². The number of amides is 2. The number of halogens is 1. The topological polar surface area (TPSA) is 109 Å². The van der Waals surface area contributed by atoms with Crippen molar-refractivity contribution in [2.45, 2.75) is 19.9 Å². The van der Waals surface area contributed by atoms with Gasteiger partial charge in [0.15, 0.2) is 0 Å². The van der Waals surface area contributed by atoms with Crippen LogP contribution in [0.4, 0.5) is 0 Å². The average molecular weight is 435 g/mol. The summed E-state index contributed by atoms with van der Waals surface area (Å²) in [5.41, 5.74) is 0.222. The predicted octanol–water partition coefficient (Wildman–Crippen LogP) is 3.04. The third-order valence-corrected chi connectivity index (χ3v) is 4.18. The highest BCUT2D eigenvalue weighted by atomic mass is 79.9. The van der Waals surface area contributed by atoms with Crippen LogP contribution in [0, 0.1) is 5.92 Å². The molecule has 1 atom stereocenters. The molecule has 7 nitrogen and oxygen atoms in total. The zero-order chi connectivity index (χ0) is 20.0. The first-order chi connectivity index (χ1) is 12.8. The molecule has 27 heavy (non-hydrogen) atoms. The minimum atomic E-state index is -1.16.